The highest BCUT2D eigenvalue weighted by molar-refractivity contribution is 14.1. The fourth-order valence-corrected chi connectivity index (χ4v) is 3.25. The molecule has 106 valence electrons. The summed E-state index contributed by atoms with van der Waals surface area (Å²) in [7, 11) is 1.65. The van der Waals surface area contributed by atoms with Crippen LogP contribution in [0, 0.1) is 2.88 Å². The van der Waals surface area contributed by atoms with Gasteiger partial charge in [-0.25, -0.2) is 0 Å². The molecule has 1 heterocycles. The molecule has 2 rings (SSSR count). The van der Waals surface area contributed by atoms with Crippen molar-refractivity contribution in [1.82, 2.24) is 5.32 Å². The molecule has 3 nitrogen and oxygen atoms in total. The smallest absolute Gasteiger partial charge is 0.252 e. The summed E-state index contributed by atoms with van der Waals surface area (Å²) < 4.78 is 6.26. The van der Waals surface area contributed by atoms with E-state index in [2.05, 4.69) is 34.8 Å². The Morgan fingerprint density at radius 1 is 1.40 bits per heavy atom. The Labute approximate surface area is 136 Å². The Balaban J connectivity index is 2.09. The van der Waals surface area contributed by atoms with Gasteiger partial charge < -0.3 is 10.1 Å². The maximum atomic E-state index is 12.2. The largest absolute Gasteiger partial charge is 0.497 e. The normalized spacial score (nSPS) is 11.9. The van der Waals surface area contributed by atoms with E-state index in [1.165, 1.54) is 0 Å². The van der Waals surface area contributed by atoms with Crippen LogP contribution in [0.4, 0.5) is 0 Å². The fourth-order valence-electron chi connectivity index (χ4n) is 1.93. The molecule has 5 heteroatoms. The SMILES string of the molecule is CCC(NC(=O)c1csc(I)c1)c1ccc(OC)cc1. The molecule has 2 aromatic rings. The first kappa shape index (κ1) is 15.3. The van der Waals surface area contributed by atoms with Crippen molar-refractivity contribution in [3.05, 3.63) is 49.7 Å². The van der Waals surface area contributed by atoms with Gasteiger partial charge in [-0.2, -0.15) is 0 Å². The van der Waals surface area contributed by atoms with E-state index in [-0.39, 0.29) is 11.9 Å². The Kier molecular flexibility index (Phi) is 5.42. The van der Waals surface area contributed by atoms with Gasteiger partial charge in [-0.15, -0.1) is 11.3 Å². The van der Waals surface area contributed by atoms with Gasteiger partial charge in [0.2, 0.25) is 0 Å². The van der Waals surface area contributed by atoms with Gasteiger partial charge >= 0.3 is 0 Å². The summed E-state index contributed by atoms with van der Waals surface area (Å²) in [5.41, 5.74) is 1.82. The minimum Gasteiger partial charge on any atom is -0.497 e. The molecular formula is C15H16INO2S. The zero-order valence-corrected chi connectivity index (χ0v) is 14.3. The molecule has 1 unspecified atom stereocenters. The highest BCUT2D eigenvalue weighted by atomic mass is 127. The first-order valence-electron chi connectivity index (χ1n) is 6.33. The molecule has 1 amide bonds. The fraction of sp³-hybridized carbons (Fsp3) is 0.267. The molecule has 20 heavy (non-hydrogen) atoms. The lowest BCUT2D eigenvalue weighted by Crippen LogP contribution is -2.27. The van der Waals surface area contributed by atoms with Crippen molar-refractivity contribution in [3.63, 3.8) is 0 Å². The van der Waals surface area contributed by atoms with Gasteiger partial charge in [0.15, 0.2) is 0 Å². The number of halogens is 1. The Morgan fingerprint density at radius 2 is 2.10 bits per heavy atom. The number of carbonyl (C=O) groups excluding carboxylic acids is 1. The molecule has 0 saturated heterocycles. The molecule has 0 bridgehead atoms. The van der Waals surface area contributed by atoms with E-state index in [1.807, 2.05) is 35.7 Å². The third-order valence-electron chi connectivity index (χ3n) is 3.06. The van der Waals surface area contributed by atoms with Crippen LogP contribution < -0.4 is 10.1 Å². The molecule has 0 aliphatic rings. The molecular weight excluding hydrogens is 385 g/mol. The Morgan fingerprint density at radius 3 is 2.60 bits per heavy atom. The van der Waals surface area contributed by atoms with Crippen LogP contribution in [0.15, 0.2) is 35.7 Å². The average Bonchev–Trinajstić information content (AvgIpc) is 2.91. The molecule has 0 aliphatic heterocycles. The second-order valence-corrected chi connectivity index (χ2v) is 7.15. The van der Waals surface area contributed by atoms with E-state index in [0.717, 1.165) is 26.2 Å². The van der Waals surface area contributed by atoms with Gasteiger partial charge in [-0.3, -0.25) is 4.79 Å². The van der Waals surface area contributed by atoms with Gasteiger partial charge in [0.1, 0.15) is 5.75 Å². The lowest BCUT2D eigenvalue weighted by atomic mass is 10.0. The van der Waals surface area contributed by atoms with Gasteiger partial charge in [0.25, 0.3) is 5.91 Å². The monoisotopic (exact) mass is 401 g/mol. The van der Waals surface area contributed by atoms with E-state index < -0.39 is 0 Å². The summed E-state index contributed by atoms with van der Waals surface area (Å²) in [4.78, 5) is 12.2. The topological polar surface area (TPSA) is 38.3 Å². The van der Waals surface area contributed by atoms with E-state index >= 15 is 0 Å². The van der Waals surface area contributed by atoms with Crippen LogP contribution in [0.5, 0.6) is 5.75 Å². The van der Waals surface area contributed by atoms with Crippen molar-refractivity contribution < 1.29 is 9.53 Å². The highest BCUT2D eigenvalue weighted by Gasteiger charge is 2.15. The average molecular weight is 401 g/mol. The van der Waals surface area contributed by atoms with Crippen molar-refractivity contribution >= 4 is 39.8 Å². The van der Waals surface area contributed by atoms with Crippen molar-refractivity contribution in [1.29, 1.82) is 0 Å². The minimum absolute atomic E-state index is 0.0194. The molecule has 1 aromatic carbocycles. The number of carbonyl (C=O) groups is 1. The Bertz CT molecular complexity index is 580. The zero-order chi connectivity index (χ0) is 14.5. The quantitative estimate of drug-likeness (QED) is 0.762. The van der Waals surface area contributed by atoms with Crippen LogP contribution in [0.1, 0.15) is 35.3 Å². The second-order valence-electron chi connectivity index (χ2n) is 4.35. The van der Waals surface area contributed by atoms with Gasteiger partial charge in [0, 0.05) is 5.38 Å². The van der Waals surface area contributed by atoms with E-state index in [1.54, 1.807) is 18.4 Å². The molecule has 1 atom stereocenters. The van der Waals surface area contributed by atoms with Crippen molar-refractivity contribution in [2.24, 2.45) is 0 Å². The minimum atomic E-state index is -0.0214. The number of hydrogen-bond donors (Lipinski definition) is 1. The number of ether oxygens (including phenoxy) is 1. The standard InChI is InChI=1S/C15H16INO2S/c1-3-13(10-4-6-12(19-2)7-5-10)17-15(18)11-8-14(16)20-9-11/h4-9,13H,3H2,1-2H3,(H,17,18). The van der Waals surface area contributed by atoms with Crippen LogP contribution in [-0.4, -0.2) is 13.0 Å². The first-order chi connectivity index (χ1) is 9.63. The van der Waals surface area contributed by atoms with E-state index in [0.29, 0.717) is 0 Å². The molecule has 0 spiro atoms. The van der Waals surface area contributed by atoms with E-state index in [4.69, 9.17) is 4.74 Å². The molecule has 0 radical (unpaired) electrons. The first-order valence-corrected chi connectivity index (χ1v) is 8.28. The molecule has 0 aliphatic carbocycles. The number of benzene rings is 1. The summed E-state index contributed by atoms with van der Waals surface area (Å²) in [6.45, 7) is 2.06. The number of nitrogens with one attached hydrogen (secondary N) is 1. The lowest BCUT2D eigenvalue weighted by Gasteiger charge is -2.17. The predicted molar refractivity (Wildman–Crippen MR) is 90.5 cm³/mol. The van der Waals surface area contributed by atoms with Crippen LogP contribution in [0.25, 0.3) is 0 Å². The summed E-state index contributed by atoms with van der Waals surface area (Å²) >= 11 is 3.80. The molecule has 0 fully saturated rings. The number of rotatable bonds is 5. The molecule has 1 N–H and O–H groups in total. The van der Waals surface area contributed by atoms with Crippen LogP contribution in [0.3, 0.4) is 0 Å². The predicted octanol–water partition coefficient (Wildman–Crippen LogP) is 4.24. The zero-order valence-electron chi connectivity index (χ0n) is 11.4. The van der Waals surface area contributed by atoms with Crippen molar-refractivity contribution in [3.8, 4) is 5.75 Å². The van der Waals surface area contributed by atoms with Crippen LogP contribution >= 0.6 is 33.9 Å². The summed E-state index contributed by atoms with van der Waals surface area (Å²) in [5, 5.41) is 4.96. The third-order valence-corrected chi connectivity index (χ3v) is 4.85. The number of thiophene rings is 1. The maximum absolute atomic E-state index is 12.2. The van der Waals surface area contributed by atoms with Crippen LogP contribution in [-0.2, 0) is 0 Å². The van der Waals surface area contributed by atoms with Gasteiger partial charge in [0.05, 0.1) is 21.6 Å². The summed E-state index contributed by atoms with van der Waals surface area (Å²) in [6, 6.07) is 9.73. The number of hydrogen-bond acceptors (Lipinski definition) is 3. The molecule has 0 saturated carbocycles. The number of amides is 1. The van der Waals surface area contributed by atoms with Crippen molar-refractivity contribution in [2.45, 2.75) is 19.4 Å². The Hall–Kier alpha value is -1.08. The second kappa shape index (κ2) is 7.08. The van der Waals surface area contributed by atoms with Gasteiger partial charge in [-0.1, -0.05) is 19.1 Å². The number of methoxy groups -OCH3 is 1. The van der Waals surface area contributed by atoms with Gasteiger partial charge in [-0.05, 0) is 52.8 Å². The third kappa shape index (κ3) is 3.73. The van der Waals surface area contributed by atoms with E-state index in [9.17, 15) is 4.79 Å². The summed E-state index contributed by atoms with van der Waals surface area (Å²) in [5.74, 6) is 0.800. The van der Waals surface area contributed by atoms with Crippen molar-refractivity contribution in [2.75, 3.05) is 7.11 Å². The van der Waals surface area contributed by atoms with Crippen LogP contribution in [0.2, 0.25) is 0 Å². The lowest BCUT2D eigenvalue weighted by molar-refractivity contribution is 0.0936. The summed E-state index contributed by atoms with van der Waals surface area (Å²) in [6.07, 6.45) is 0.847. The highest BCUT2D eigenvalue weighted by Crippen LogP contribution is 2.22. The maximum Gasteiger partial charge on any atom is 0.252 e. The molecule has 1 aromatic heterocycles.